The lowest BCUT2D eigenvalue weighted by Gasteiger charge is -2.18. The van der Waals surface area contributed by atoms with Gasteiger partial charge in [-0.15, -0.1) is 0 Å². The van der Waals surface area contributed by atoms with Gasteiger partial charge >= 0.3 is 0 Å². The molecule has 0 radical (unpaired) electrons. The van der Waals surface area contributed by atoms with E-state index in [-0.39, 0.29) is 5.75 Å². The standard InChI is InChI=1S/C14H16BrN3O/c1-18(2)13-6-7-16-9-12(13)17-8-10-4-3-5-11(15)14(10)19/h3-7,9,17,19H,8H2,1-2H3. The lowest BCUT2D eigenvalue weighted by Crippen LogP contribution is -2.12. The highest BCUT2D eigenvalue weighted by molar-refractivity contribution is 9.10. The fraction of sp³-hybridized carbons (Fsp3) is 0.214. The normalized spacial score (nSPS) is 10.3. The smallest absolute Gasteiger partial charge is 0.134 e. The number of benzene rings is 1. The zero-order valence-corrected chi connectivity index (χ0v) is 12.5. The Hall–Kier alpha value is -1.75. The Labute approximate surface area is 121 Å². The van der Waals surface area contributed by atoms with Gasteiger partial charge in [0.1, 0.15) is 5.75 Å². The van der Waals surface area contributed by atoms with Crippen LogP contribution in [0.4, 0.5) is 11.4 Å². The molecule has 2 N–H and O–H groups in total. The Morgan fingerprint density at radius 3 is 2.84 bits per heavy atom. The third-order valence-electron chi connectivity index (χ3n) is 2.82. The first-order valence-electron chi connectivity index (χ1n) is 5.91. The van der Waals surface area contributed by atoms with Crippen molar-refractivity contribution in [2.45, 2.75) is 6.54 Å². The monoisotopic (exact) mass is 321 g/mol. The van der Waals surface area contributed by atoms with E-state index in [0.717, 1.165) is 16.9 Å². The number of nitrogens with zero attached hydrogens (tertiary/aromatic N) is 2. The SMILES string of the molecule is CN(C)c1ccncc1NCc1cccc(Br)c1O. The molecule has 0 aliphatic carbocycles. The highest BCUT2D eigenvalue weighted by Crippen LogP contribution is 2.29. The largest absolute Gasteiger partial charge is 0.506 e. The topological polar surface area (TPSA) is 48.4 Å². The summed E-state index contributed by atoms with van der Waals surface area (Å²) in [5.74, 6) is 0.269. The van der Waals surface area contributed by atoms with E-state index in [1.807, 2.05) is 43.3 Å². The molecular formula is C14H16BrN3O. The second-order valence-corrected chi connectivity index (χ2v) is 5.24. The van der Waals surface area contributed by atoms with Crippen molar-refractivity contribution in [3.8, 4) is 5.75 Å². The summed E-state index contributed by atoms with van der Waals surface area (Å²) in [6, 6.07) is 7.55. The second-order valence-electron chi connectivity index (χ2n) is 4.39. The number of nitrogens with one attached hydrogen (secondary N) is 1. The van der Waals surface area contributed by atoms with E-state index in [2.05, 4.69) is 26.2 Å². The van der Waals surface area contributed by atoms with Gasteiger partial charge in [0.25, 0.3) is 0 Å². The Bertz CT molecular complexity index is 572. The molecule has 2 rings (SSSR count). The molecule has 0 saturated carbocycles. The van der Waals surface area contributed by atoms with Crippen LogP contribution in [0.2, 0.25) is 0 Å². The molecule has 4 nitrogen and oxygen atoms in total. The summed E-state index contributed by atoms with van der Waals surface area (Å²) >= 11 is 3.31. The van der Waals surface area contributed by atoms with Crippen LogP contribution in [0.15, 0.2) is 41.1 Å². The van der Waals surface area contributed by atoms with Crippen LogP contribution in [0, 0.1) is 0 Å². The number of phenols is 1. The number of hydrogen-bond donors (Lipinski definition) is 2. The number of rotatable bonds is 4. The lowest BCUT2D eigenvalue weighted by molar-refractivity contribution is 0.465. The molecule has 19 heavy (non-hydrogen) atoms. The predicted octanol–water partition coefficient (Wildman–Crippen LogP) is 3.23. The molecule has 2 aromatic rings. The Kier molecular flexibility index (Phi) is 4.27. The Morgan fingerprint density at radius 2 is 2.11 bits per heavy atom. The minimum Gasteiger partial charge on any atom is -0.506 e. The number of halogens is 1. The van der Waals surface area contributed by atoms with Crippen molar-refractivity contribution >= 4 is 27.3 Å². The van der Waals surface area contributed by atoms with Crippen LogP contribution < -0.4 is 10.2 Å². The number of para-hydroxylation sites is 1. The molecule has 0 unspecified atom stereocenters. The number of hydrogen-bond acceptors (Lipinski definition) is 4. The van der Waals surface area contributed by atoms with E-state index in [1.165, 1.54) is 0 Å². The van der Waals surface area contributed by atoms with Crippen molar-refractivity contribution in [1.82, 2.24) is 4.98 Å². The molecule has 1 aromatic carbocycles. The molecule has 0 amide bonds. The van der Waals surface area contributed by atoms with Crippen molar-refractivity contribution < 1.29 is 5.11 Å². The molecule has 0 bridgehead atoms. The van der Waals surface area contributed by atoms with Crippen LogP contribution in [0.1, 0.15) is 5.56 Å². The molecule has 0 atom stereocenters. The molecule has 0 aliphatic rings. The van der Waals surface area contributed by atoms with Gasteiger partial charge in [-0.2, -0.15) is 0 Å². The maximum atomic E-state index is 9.94. The van der Waals surface area contributed by atoms with Crippen molar-refractivity contribution in [3.05, 3.63) is 46.7 Å². The van der Waals surface area contributed by atoms with Crippen LogP contribution in [0.5, 0.6) is 5.75 Å². The summed E-state index contributed by atoms with van der Waals surface area (Å²) in [5, 5.41) is 13.2. The Morgan fingerprint density at radius 1 is 1.32 bits per heavy atom. The molecule has 0 aliphatic heterocycles. The van der Waals surface area contributed by atoms with E-state index in [9.17, 15) is 5.11 Å². The van der Waals surface area contributed by atoms with E-state index < -0.39 is 0 Å². The molecule has 5 heteroatoms. The van der Waals surface area contributed by atoms with E-state index in [0.29, 0.717) is 11.0 Å². The molecule has 0 fully saturated rings. The van der Waals surface area contributed by atoms with Crippen molar-refractivity contribution in [2.24, 2.45) is 0 Å². The minimum absolute atomic E-state index is 0.269. The Balaban J connectivity index is 2.17. The van der Waals surface area contributed by atoms with E-state index >= 15 is 0 Å². The van der Waals surface area contributed by atoms with Gasteiger partial charge in [-0.25, -0.2) is 0 Å². The molecule has 1 aromatic heterocycles. The number of aromatic nitrogens is 1. The van der Waals surface area contributed by atoms with Gasteiger partial charge in [-0.3, -0.25) is 4.98 Å². The fourth-order valence-corrected chi connectivity index (χ4v) is 2.21. The molecule has 1 heterocycles. The third-order valence-corrected chi connectivity index (χ3v) is 3.46. The lowest BCUT2D eigenvalue weighted by atomic mass is 10.2. The van der Waals surface area contributed by atoms with E-state index in [1.54, 1.807) is 12.4 Å². The summed E-state index contributed by atoms with van der Waals surface area (Å²) in [5.41, 5.74) is 2.83. The van der Waals surface area contributed by atoms with Gasteiger partial charge in [-0.1, -0.05) is 12.1 Å². The van der Waals surface area contributed by atoms with Gasteiger partial charge in [0.05, 0.1) is 22.0 Å². The van der Waals surface area contributed by atoms with Crippen LogP contribution in [-0.4, -0.2) is 24.2 Å². The average Bonchev–Trinajstić information content (AvgIpc) is 2.40. The van der Waals surface area contributed by atoms with Gasteiger partial charge in [0, 0.05) is 32.4 Å². The first-order chi connectivity index (χ1) is 9.09. The number of anilines is 2. The van der Waals surface area contributed by atoms with Crippen LogP contribution in [0.25, 0.3) is 0 Å². The summed E-state index contributed by atoms with van der Waals surface area (Å²) in [7, 11) is 3.97. The first kappa shape index (κ1) is 13.7. The summed E-state index contributed by atoms with van der Waals surface area (Å²) in [6.45, 7) is 0.539. The maximum Gasteiger partial charge on any atom is 0.134 e. The van der Waals surface area contributed by atoms with Crippen molar-refractivity contribution in [3.63, 3.8) is 0 Å². The fourth-order valence-electron chi connectivity index (χ4n) is 1.81. The van der Waals surface area contributed by atoms with Crippen LogP contribution in [-0.2, 0) is 6.54 Å². The van der Waals surface area contributed by atoms with Gasteiger partial charge in [0.2, 0.25) is 0 Å². The van der Waals surface area contributed by atoms with Crippen molar-refractivity contribution in [1.29, 1.82) is 0 Å². The van der Waals surface area contributed by atoms with Crippen LogP contribution in [0.3, 0.4) is 0 Å². The molecular weight excluding hydrogens is 306 g/mol. The summed E-state index contributed by atoms with van der Waals surface area (Å²) in [6.07, 6.45) is 3.54. The summed E-state index contributed by atoms with van der Waals surface area (Å²) < 4.78 is 0.700. The number of pyridine rings is 1. The average molecular weight is 322 g/mol. The van der Waals surface area contributed by atoms with E-state index in [4.69, 9.17) is 0 Å². The third kappa shape index (κ3) is 3.17. The summed E-state index contributed by atoms with van der Waals surface area (Å²) in [4.78, 5) is 6.14. The highest BCUT2D eigenvalue weighted by atomic mass is 79.9. The quantitative estimate of drug-likeness (QED) is 0.907. The van der Waals surface area contributed by atoms with Gasteiger partial charge in [0.15, 0.2) is 0 Å². The highest BCUT2D eigenvalue weighted by Gasteiger charge is 2.07. The number of aromatic hydroxyl groups is 1. The minimum atomic E-state index is 0.269. The maximum absolute atomic E-state index is 9.94. The molecule has 0 spiro atoms. The molecule has 0 saturated heterocycles. The van der Waals surface area contributed by atoms with Gasteiger partial charge in [-0.05, 0) is 28.1 Å². The zero-order valence-electron chi connectivity index (χ0n) is 10.9. The number of phenolic OH excluding ortho intramolecular Hbond substituents is 1. The second kappa shape index (κ2) is 5.93. The molecule has 100 valence electrons. The zero-order chi connectivity index (χ0) is 13.8. The van der Waals surface area contributed by atoms with Crippen LogP contribution >= 0.6 is 15.9 Å². The first-order valence-corrected chi connectivity index (χ1v) is 6.70. The predicted molar refractivity (Wildman–Crippen MR) is 81.7 cm³/mol. The van der Waals surface area contributed by atoms with Gasteiger partial charge < -0.3 is 15.3 Å². The van der Waals surface area contributed by atoms with Crippen molar-refractivity contribution in [2.75, 3.05) is 24.3 Å².